The van der Waals surface area contributed by atoms with Crippen molar-refractivity contribution >= 4 is 21.9 Å². The van der Waals surface area contributed by atoms with Gasteiger partial charge in [0.05, 0.1) is 0 Å². The third kappa shape index (κ3) is 4.34. The largest absolute Gasteiger partial charge is 0.325 e. The number of hydrogen-bond acceptors (Lipinski definition) is 4. The zero-order chi connectivity index (χ0) is 15.3. The second-order valence-corrected chi connectivity index (χ2v) is 5.35. The van der Waals surface area contributed by atoms with Gasteiger partial charge in [-0.25, -0.2) is 0 Å². The van der Waals surface area contributed by atoms with Crippen LogP contribution in [0.25, 0.3) is 0 Å². The maximum absolute atomic E-state index is 11.4. The van der Waals surface area contributed by atoms with E-state index in [1.54, 1.807) is 0 Å². The molecule has 0 aromatic carbocycles. The van der Waals surface area contributed by atoms with Gasteiger partial charge in [0.25, 0.3) is 10.1 Å². The maximum Gasteiger partial charge on any atom is 0.272 e. The van der Waals surface area contributed by atoms with Crippen molar-refractivity contribution in [1.29, 1.82) is 0 Å². The molecular formula is C11H16N2O5S. The standard InChI is InChI=1S/C11H16N2O5S/c1-5-9(14)12-11(7-3,13-10(15)6-2)8(4)19(16,17)18/h5-8H,1-3H2,4H3,(H,12,14)(H,13,15)(H,16,17,18). The normalized spacial score (nSPS) is 12.9. The first-order valence-electron chi connectivity index (χ1n) is 5.12. The summed E-state index contributed by atoms with van der Waals surface area (Å²) in [7, 11) is -4.55. The topological polar surface area (TPSA) is 113 Å². The zero-order valence-electron chi connectivity index (χ0n) is 10.4. The summed E-state index contributed by atoms with van der Waals surface area (Å²) in [5, 5.41) is 2.85. The van der Waals surface area contributed by atoms with E-state index >= 15 is 0 Å². The number of nitrogens with one attached hydrogen (secondary N) is 2. The Bertz CT molecular complexity index is 487. The van der Waals surface area contributed by atoms with E-state index in [9.17, 15) is 18.0 Å². The van der Waals surface area contributed by atoms with Crippen LogP contribution in [-0.4, -0.2) is 35.7 Å². The molecule has 0 bridgehead atoms. The van der Waals surface area contributed by atoms with Crippen molar-refractivity contribution in [3.8, 4) is 0 Å². The highest BCUT2D eigenvalue weighted by molar-refractivity contribution is 7.86. The lowest BCUT2D eigenvalue weighted by Crippen LogP contribution is -2.66. The minimum absolute atomic E-state index is 0.750. The number of hydrogen-bond donors (Lipinski definition) is 3. The predicted molar refractivity (Wildman–Crippen MR) is 70.6 cm³/mol. The average molecular weight is 288 g/mol. The van der Waals surface area contributed by atoms with Crippen LogP contribution in [0.4, 0.5) is 0 Å². The Hall–Kier alpha value is -1.93. The Balaban J connectivity index is 5.71. The van der Waals surface area contributed by atoms with Gasteiger partial charge in [0, 0.05) is 0 Å². The predicted octanol–water partition coefficient (Wildman–Crippen LogP) is -0.251. The van der Waals surface area contributed by atoms with E-state index < -0.39 is 32.8 Å². The highest BCUT2D eigenvalue weighted by Gasteiger charge is 2.42. The SMILES string of the molecule is C=CC(=O)NC(C=C)(NC(=O)C=C)C(C)S(=O)(=O)O. The molecule has 106 valence electrons. The summed E-state index contributed by atoms with van der Waals surface area (Å²) in [6.07, 6.45) is 2.76. The van der Waals surface area contributed by atoms with Crippen LogP contribution in [0, 0.1) is 0 Å². The Morgan fingerprint density at radius 2 is 1.53 bits per heavy atom. The van der Waals surface area contributed by atoms with Crippen molar-refractivity contribution in [3.05, 3.63) is 38.0 Å². The molecule has 8 heteroatoms. The molecule has 0 aliphatic heterocycles. The Morgan fingerprint density at radius 3 is 1.74 bits per heavy atom. The molecule has 0 aliphatic carbocycles. The molecule has 0 spiro atoms. The van der Waals surface area contributed by atoms with Crippen LogP contribution in [-0.2, 0) is 19.7 Å². The van der Waals surface area contributed by atoms with Crippen LogP contribution >= 0.6 is 0 Å². The van der Waals surface area contributed by atoms with Gasteiger partial charge in [-0.05, 0) is 25.2 Å². The van der Waals surface area contributed by atoms with Crippen molar-refractivity contribution < 1.29 is 22.6 Å². The summed E-state index contributed by atoms with van der Waals surface area (Å²) < 4.78 is 31.6. The van der Waals surface area contributed by atoms with Crippen LogP contribution < -0.4 is 10.6 Å². The van der Waals surface area contributed by atoms with Crippen molar-refractivity contribution in [2.75, 3.05) is 0 Å². The molecule has 3 N–H and O–H groups in total. The maximum atomic E-state index is 11.4. The summed E-state index contributed by atoms with van der Waals surface area (Å²) in [5.74, 6) is -1.50. The first-order valence-corrected chi connectivity index (χ1v) is 6.62. The van der Waals surface area contributed by atoms with Gasteiger partial charge in [0.1, 0.15) is 5.25 Å². The Labute approximate surface area is 111 Å². The van der Waals surface area contributed by atoms with E-state index in [0.717, 1.165) is 25.2 Å². The highest BCUT2D eigenvalue weighted by atomic mass is 32.2. The molecule has 0 aliphatic rings. The molecule has 1 atom stereocenters. The van der Waals surface area contributed by atoms with Gasteiger partial charge < -0.3 is 10.6 Å². The summed E-state index contributed by atoms with van der Waals surface area (Å²) in [6.45, 7) is 10.9. The Morgan fingerprint density at radius 1 is 1.16 bits per heavy atom. The Kier molecular flexibility index (Phi) is 5.66. The lowest BCUT2D eigenvalue weighted by atomic mass is 10.1. The molecule has 0 heterocycles. The van der Waals surface area contributed by atoms with Crippen LogP contribution in [0.2, 0.25) is 0 Å². The van der Waals surface area contributed by atoms with Gasteiger partial charge in [-0.15, -0.1) is 0 Å². The lowest BCUT2D eigenvalue weighted by Gasteiger charge is -2.35. The molecular weight excluding hydrogens is 272 g/mol. The third-order valence-electron chi connectivity index (χ3n) is 2.44. The van der Waals surface area contributed by atoms with E-state index in [4.69, 9.17) is 4.55 Å². The molecule has 0 saturated heterocycles. The van der Waals surface area contributed by atoms with Crippen molar-refractivity contribution in [2.45, 2.75) is 17.8 Å². The molecule has 0 radical (unpaired) electrons. The number of carbonyl (C=O) groups excluding carboxylic acids is 2. The molecule has 2 amide bonds. The second kappa shape index (κ2) is 6.30. The molecule has 1 unspecified atom stereocenters. The minimum atomic E-state index is -4.55. The monoisotopic (exact) mass is 288 g/mol. The summed E-state index contributed by atoms with van der Waals surface area (Å²) in [4.78, 5) is 22.7. The average Bonchev–Trinajstić information content (AvgIpc) is 2.35. The van der Waals surface area contributed by atoms with Crippen LogP contribution in [0.5, 0.6) is 0 Å². The second-order valence-electron chi connectivity index (χ2n) is 3.62. The molecule has 7 nitrogen and oxygen atoms in total. The fraction of sp³-hybridized carbons (Fsp3) is 0.273. The van der Waals surface area contributed by atoms with Crippen LogP contribution in [0.3, 0.4) is 0 Å². The molecule has 0 fully saturated rings. The van der Waals surface area contributed by atoms with Gasteiger partial charge in [-0.2, -0.15) is 8.42 Å². The van der Waals surface area contributed by atoms with Crippen molar-refractivity contribution in [3.63, 3.8) is 0 Å². The summed E-state index contributed by atoms with van der Waals surface area (Å²) in [6, 6.07) is 0. The molecule has 0 rings (SSSR count). The number of carbonyl (C=O) groups is 2. The van der Waals surface area contributed by atoms with Gasteiger partial charge in [-0.1, -0.05) is 19.7 Å². The van der Waals surface area contributed by atoms with Crippen molar-refractivity contribution in [1.82, 2.24) is 10.6 Å². The molecule has 0 saturated carbocycles. The van der Waals surface area contributed by atoms with E-state index in [1.807, 2.05) is 0 Å². The van der Waals surface area contributed by atoms with E-state index in [2.05, 4.69) is 30.4 Å². The number of amides is 2. The van der Waals surface area contributed by atoms with Crippen LogP contribution in [0.15, 0.2) is 38.0 Å². The molecule has 19 heavy (non-hydrogen) atoms. The van der Waals surface area contributed by atoms with Crippen molar-refractivity contribution in [2.24, 2.45) is 0 Å². The van der Waals surface area contributed by atoms with Gasteiger partial charge >= 0.3 is 0 Å². The fourth-order valence-corrected chi connectivity index (χ4v) is 1.93. The van der Waals surface area contributed by atoms with E-state index in [-0.39, 0.29) is 0 Å². The minimum Gasteiger partial charge on any atom is -0.325 e. The lowest BCUT2D eigenvalue weighted by molar-refractivity contribution is -0.121. The van der Waals surface area contributed by atoms with E-state index in [0.29, 0.717) is 0 Å². The first kappa shape index (κ1) is 17.1. The summed E-state index contributed by atoms with van der Waals surface area (Å²) in [5.41, 5.74) is -1.88. The van der Waals surface area contributed by atoms with Crippen LogP contribution in [0.1, 0.15) is 6.92 Å². The van der Waals surface area contributed by atoms with Gasteiger partial charge in [0.2, 0.25) is 11.8 Å². The van der Waals surface area contributed by atoms with E-state index in [1.165, 1.54) is 0 Å². The van der Waals surface area contributed by atoms with Gasteiger partial charge in [-0.3, -0.25) is 14.1 Å². The first-order chi connectivity index (χ1) is 8.62. The molecule has 0 aromatic rings. The smallest absolute Gasteiger partial charge is 0.272 e. The quantitative estimate of drug-likeness (QED) is 0.259. The third-order valence-corrected chi connectivity index (χ3v) is 3.71. The number of rotatable bonds is 7. The van der Waals surface area contributed by atoms with Gasteiger partial charge in [0.15, 0.2) is 5.66 Å². The summed E-state index contributed by atoms with van der Waals surface area (Å²) >= 11 is 0. The zero-order valence-corrected chi connectivity index (χ0v) is 11.2. The highest BCUT2D eigenvalue weighted by Crippen LogP contribution is 2.16. The fourth-order valence-electron chi connectivity index (χ4n) is 1.25. The molecule has 0 aromatic heterocycles.